The molecular weight excluding hydrogens is 264 g/mol. The molecule has 0 fully saturated rings. The number of rotatable bonds is 6. The molecule has 2 rings (SSSR count). The van der Waals surface area contributed by atoms with Crippen LogP contribution in [0.15, 0.2) is 22.7 Å². The van der Waals surface area contributed by atoms with Crippen molar-refractivity contribution in [3.8, 4) is 5.75 Å². The van der Waals surface area contributed by atoms with Crippen molar-refractivity contribution >= 4 is 11.4 Å². The predicted octanol–water partition coefficient (Wildman–Crippen LogP) is 2.16. The summed E-state index contributed by atoms with van der Waals surface area (Å²) in [5, 5.41) is 17.5. The largest absolute Gasteiger partial charge is 0.495 e. The van der Waals surface area contributed by atoms with E-state index in [-0.39, 0.29) is 12.2 Å². The molecule has 1 aromatic carbocycles. The SMILES string of the molecule is CCc1noc(CNc2cc([N+](=O)[O-])ccc2OC)n1. The first kappa shape index (κ1) is 13.8. The zero-order valence-electron chi connectivity index (χ0n) is 11.1. The van der Waals surface area contributed by atoms with Gasteiger partial charge in [0, 0.05) is 18.6 Å². The molecule has 0 atom stereocenters. The maximum atomic E-state index is 10.8. The first-order valence-electron chi connectivity index (χ1n) is 6.01. The van der Waals surface area contributed by atoms with Gasteiger partial charge < -0.3 is 14.6 Å². The van der Waals surface area contributed by atoms with E-state index in [9.17, 15) is 10.1 Å². The number of nitro groups is 1. The van der Waals surface area contributed by atoms with E-state index in [4.69, 9.17) is 9.26 Å². The summed E-state index contributed by atoms with van der Waals surface area (Å²) in [5.74, 6) is 1.54. The van der Waals surface area contributed by atoms with Crippen LogP contribution < -0.4 is 10.1 Å². The van der Waals surface area contributed by atoms with Crippen LogP contribution in [0.3, 0.4) is 0 Å². The number of nitro benzene ring substituents is 1. The average Bonchev–Trinajstić information content (AvgIpc) is 2.92. The Morgan fingerprint density at radius 2 is 2.30 bits per heavy atom. The lowest BCUT2D eigenvalue weighted by atomic mass is 10.2. The van der Waals surface area contributed by atoms with Crippen molar-refractivity contribution in [2.24, 2.45) is 0 Å². The molecule has 0 spiro atoms. The Hall–Kier alpha value is -2.64. The van der Waals surface area contributed by atoms with Gasteiger partial charge in [0.1, 0.15) is 5.75 Å². The summed E-state index contributed by atoms with van der Waals surface area (Å²) in [6.45, 7) is 2.19. The third-order valence-corrected chi connectivity index (χ3v) is 2.65. The highest BCUT2D eigenvalue weighted by atomic mass is 16.6. The van der Waals surface area contributed by atoms with Gasteiger partial charge >= 0.3 is 0 Å². The fourth-order valence-corrected chi connectivity index (χ4v) is 1.62. The van der Waals surface area contributed by atoms with Crippen molar-refractivity contribution in [1.29, 1.82) is 0 Å². The molecule has 1 N–H and O–H groups in total. The lowest BCUT2D eigenvalue weighted by molar-refractivity contribution is -0.384. The van der Waals surface area contributed by atoms with Crippen LogP contribution in [0.5, 0.6) is 5.75 Å². The van der Waals surface area contributed by atoms with Crippen molar-refractivity contribution in [1.82, 2.24) is 10.1 Å². The van der Waals surface area contributed by atoms with Crippen molar-refractivity contribution in [2.45, 2.75) is 19.9 Å². The molecule has 2 aromatic rings. The number of aromatic nitrogens is 2. The second kappa shape index (κ2) is 6.00. The third-order valence-electron chi connectivity index (χ3n) is 2.65. The van der Waals surface area contributed by atoms with Crippen molar-refractivity contribution in [3.63, 3.8) is 0 Å². The maximum Gasteiger partial charge on any atom is 0.271 e. The van der Waals surface area contributed by atoms with E-state index in [2.05, 4.69) is 15.5 Å². The standard InChI is InChI=1S/C12H14N4O4/c1-3-11-14-12(20-15-11)7-13-9-6-8(16(17)18)4-5-10(9)19-2/h4-6,13H,3,7H2,1-2H3. The smallest absolute Gasteiger partial charge is 0.271 e. The van der Waals surface area contributed by atoms with E-state index in [0.29, 0.717) is 29.6 Å². The topological polar surface area (TPSA) is 103 Å². The van der Waals surface area contributed by atoms with Crippen LogP contribution in [0.1, 0.15) is 18.6 Å². The van der Waals surface area contributed by atoms with Crippen LogP contribution in [0.25, 0.3) is 0 Å². The number of hydrogen-bond acceptors (Lipinski definition) is 7. The molecule has 0 aliphatic rings. The molecule has 0 aliphatic carbocycles. The van der Waals surface area contributed by atoms with Gasteiger partial charge in [-0.1, -0.05) is 12.1 Å². The number of benzene rings is 1. The Bertz CT molecular complexity index is 611. The van der Waals surface area contributed by atoms with E-state index in [0.717, 1.165) is 0 Å². The van der Waals surface area contributed by atoms with Gasteiger partial charge in [-0.25, -0.2) is 0 Å². The zero-order chi connectivity index (χ0) is 14.5. The van der Waals surface area contributed by atoms with Gasteiger partial charge in [0.2, 0.25) is 5.89 Å². The molecule has 0 amide bonds. The van der Waals surface area contributed by atoms with E-state index in [1.807, 2.05) is 6.92 Å². The number of ether oxygens (including phenoxy) is 1. The molecule has 1 aromatic heterocycles. The molecule has 20 heavy (non-hydrogen) atoms. The summed E-state index contributed by atoms with van der Waals surface area (Å²) in [6, 6.07) is 4.31. The van der Waals surface area contributed by atoms with Crippen molar-refractivity contribution < 1.29 is 14.2 Å². The van der Waals surface area contributed by atoms with E-state index in [1.165, 1.54) is 25.3 Å². The maximum absolute atomic E-state index is 10.8. The van der Waals surface area contributed by atoms with Gasteiger partial charge in [-0.15, -0.1) is 0 Å². The lowest BCUT2D eigenvalue weighted by Crippen LogP contribution is -2.02. The summed E-state index contributed by atoms with van der Waals surface area (Å²) >= 11 is 0. The van der Waals surface area contributed by atoms with E-state index >= 15 is 0 Å². The summed E-state index contributed by atoms with van der Waals surface area (Å²) in [5.41, 5.74) is 0.478. The third kappa shape index (κ3) is 3.02. The summed E-state index contributed by atoms with van der Waals surface area (Å²) in [6.07, 6.45) is 0.684. The lowest BCUT2D eigenvalue weighted by Gasteiger charge is -2.09. The summed E-state index contributed by atoms with van der Waals surface area (Å²) in [7, 11) is 1.49. The minimum Gasteiger partial charge on any atom is -0.495 e. The fourth-order valence-electron chi connectivity index (χ4n) is 1.62. The molecule has 0 radical (unpaired) electrons. The number of aryl methyl sites for hydroxylation is 1. The number of nitrogens with one attached hydrogen (secondary N) is 1. The molecule has 1 heterocycles. The monoisotopic (exact) mass is 278 g/mol. The predicted molar refractivity (Wildman–Crippen MR) is 70.7 cm³/mol. The van der Waals surface area contributed by atoms with Gasteiger partial charge in [-0.3, -0.25) is 10.1 Å². The normalized spacial score (nSPS) is 10.3. The highest BCUT2D eigenvalue weighted by Gasteiger charge is 2.12. The van der Waals surface area contributed by atoms with Crippen molar-refractivity contribution in [2.75, 3.05) is 12.4 Å². The molecule has 0 saturated carbocycles. The van der Waals surface area contributed by atoms with Gasteiger partial charge in [-0.05, 0) is 6.07 Å². The molecule has 0 bridgehead atoms. The first-order chi connectivity index (χ1) is 9.63. The van der Waals surface area contributed by atoms with Crippen LogP contribution in [-0.2, 0) is 13.0 Å². The Balaban J connectivity index is 2.14. The second-order valence-electron chi connectivity index (χ2n) is 3.95. The minimum atomic E-state index is -0.466. The van der Waals surface area contributed by atoms with E-state index in [1.54, 1.807) is 0 Å². The van der Waals surface area contributed by atoms with E-state index < -0.39 is 4.92 Å². The average molecular weight is 278 g/mol. The van der Waals surface area contributed by atoms with Gasteiger partial charge in [-0.2, -0.15) is 4.98 Å². The molecular formula is C12H14N4O4. The zero-order valence-corrected chi connectivity index (χ0v) is 11.1. The van der Waals surface area contributed by atoms with Crippen LogP contribution >= 0.6 is 0 Å². The Labute approximate surface area is 114 Å². The van der Waals surface area contributed by atoms with Gasteiger partial charge in [0.25, 0.3) is 5.69 Å². The second-order valence-corrected chi connectivity index (χ2v) is 3.95. The summed E-state index contributed by atoms with van der Waals surface area (Å²) in [4.78, 5) is 14.4. The van der Waals surface area contributed by atoms with Crippen LogP contribution in [0, 0.1) is 10.1 Å². The number of hydrogen-bond donors (Lipinski definition) is 1. The molecule has 0 saturated heterocycles. The molecule has 0 aliphatic heterocycles. The van der Waals surface area contributed by atoms with Crippen LogP contribution in [-0.4, -0.2) is 22.2 Å². The highest BCUT2D eigenvalue weighted by Crippen LogP contribution is 2.29. The van der Waals surface area contributed by atoms with Crippen molar-refractivity contribution in [3.05, 3.63) is 40.0 Å². The van der Waals surface area contributed by atoms with Crippen LogP contribution in [0.4, 0.5) is 11.4 Å². The minimum absolute atomic E-state index is 0.0203. The van der Waals surface area contributed by atoms with Crippen LogP contribution in [0.2, 0.25) is 0 Å². The number of non-ortho nitro benzene ring substituents is 1. The number of methoxy groups -OCH3 is 1. The Kier molecular flexibility index (Phi) is 4.14. The Morgan fingerprint density at radius 3 is 2.90 bits per heavy atom. The highest BCUT2D eigenvalue weighted by molar-refractivity contribution is 5.61. The quantitative estimate of drug-likeness (QED) is 0.637. The molecule has 8 nitrogen and oxygen atoms in total. The summed E-state index contributed by atoms with van der Waals surface area (Å²) < 4.78 is 10.2. The number of anilines is 1. The molecule has 0 unspecified atom stereocenters. The fraction of sp³-hybridized carbons (Fsp3) is 0.333. The van der Waals surface area contributed by atoms with Gasteiger partial charge in [0.15, 0.2) is 5.82 Å². The van der Waals surface area contributed by atoms with Gasteiger partial charge in [0.05, 0.1) is 24.3 Å². The molecule has 106 valence electrons. The Morgan fingerprint density at radius 1 is 1.50 bits per heavy atom. The number of nitrogens with zero attached hydrogens (tertiary/aromatic N) is 3. The first-order valence-corrected chi connectivity index (χ1v) is 6.01. The molecule has 8 heteroatoms.